The van der Waals surface area contributed by atoms with Crippen LogP contribution in [0, 0.1) is 11.3 Å². The Morgan fingerprint density at radius 2 is 2.04 bits per heavy atom. The minimum Gasteiger partial charge on any atom is -0.469 e. The van der Waals surface area contributed by atoms with Gasteiger partial charge in [0, 0.05) is 30.1 Å². The van der Waals surface area contributed by atoms with Crippen LogP contribution in [0.4, 0.5) is 0 Å². The fourth-order valence-corrected chi connectivity index (χ4v) is 2.51. The molecule has 1 N–H and O–H groups in total. The summed E-state index contributed by atoms with van der Waals surface area (Å²) in [5.74, 6) is -0.633. The van der Waals surface area contributed by atoms with Crippen molar-refractivity contribution < 1.29 is 14.3 Å². The van der Waals surface area contributed by atoms with Gasteiger partial charge in [0.25, 0.3) is 5.91 Å². The zero-order valence-corrected chi connectivity index (χ0v) is 14.1. The summed E-state index contributed by atoms with van der Waals surface area (Å²) < 4.78 is 6.32. The van der Waals surface area contributed by atoms with E-state index in [1.54, 1.807) is 40.8 Å². The van der Waals surface area contributed by atoms with Crippen molar-refractivity contribution in [3.8, 4) is 17.3 Å². The van der Waals surface area contributed by atoms with Gasteiger partial charge in [-0.15, -0.1) is 0 Å². The number of aromatic nitrogens is 2. The summed E-state index contributed by atoms with van der Waals surface area (Å²) in [6.07, 6.45) is 3.79. The molecule has 7 nitrogen and oxygen atoms in total. The minimum atomic E-state index is -0.371. The van der Waals surface area contributed by atoms with E-state index in [0.717, 1.165) is 5.56 Å². The lowest BCUT2D eigenvalue weighted by Gasteiger charge is -2.05. The van der Waals surface area contributed by atoms with E-state index >= 15 is 0 Å². The lowest BCUT2D eigenvalue weighted by molar-refractivity contribution is -0.140. The lowest BCUT2D eigenvalue weighted by atomic mass is 10.1. The first-order valence-electron chi connectivity index (χ1n) is 7.95. The molecule has 26 heavy (non-hydrogen) atoms. The van der Waals surface area contributed by atoms with Crippen LogP contribution in [0.3, 0.4) is 0 Å². The maximum Gasteiger partial charge on any atom is 0.307 e. The number of nitrogens with zero attached hydrogens (tertiary/aromatic N) is 3. The quantitative estimate of drug-likeness (QED) is 0.713. The van der Waals surface area contributed by atoms with Crippen molar-refractivity contribution in [2.24, 2.45) is 0 Å². The summed E-state index contributed by atoms with van der Waals surface area (Å²) in [4.78, 5) is 27.6. The van der Waals surface area contributed by atoms with E-state index in [9.17, 15) is 9.59 Å². The van der Waals surface area contributed by atoms with E-state index in [1.807, 2.05) is 12.4 Å². The predicted octanol–water partition coefficient (Wildman–Crippen LogP) is 2.17. The fourth-order valence-electron chi connectivity index (χ4n) is 2.51. The van der Waals surface area contributed by atoms with Crippen LogP contribution >= 0.6 is 0 Å². The summed E-state index contributed by atoms with van der Waals surface area (Å²) in [6, 6.07) is 12.6. The molecule has 130 valence electrons. The lowest BCUT2D eigenvalue weighted by Crippen LogP contribution is -2.26. The normalized spacial score (nSPS) is 10.3. The highest BCUT2D eigenvalue weighted by Gasteiger charge is 2.10. The van der Waals surface area contributed by atoms with Crippen LogP contribution in [0.2, 0.25) is 0 Å². The molecule has 0 aliphatic rings. The van der Waals surface area contributed by atoms with E-state index in [2.05, 4.69) is 21.1 Å². The van der Waals surface area contributed by atoms with Gasteiger partial charge in [-0.25, -0.2) is 4.98 Å². The molecule has 0 atom stereocenters. The minimum absolute atomic E-state index is 0.128. The number of rotatable bonds is 5. The molecule has 0 spiro atoms. The van der Waals surface area contributed by atoms with Crippen molar-refractivity contribution in [3.05, 3.63) is 59.9 Å². The van der Waals surface area contributed by atoms with E-state index < -0.39 is 0 Å². The molecule has 0 unspecified atom stereocenters. The summed E-state index contributed by atoms with van der Waals surface area (Å²) in [6.45, 7) is 0.219. The molecular formula is C19H16N4O3. The van der Waals surface area contributed by atoms with Crippen molar-refractivity contribution in [3.63, 3.8) is 0 Å². The number of esters is 1. The molecule has 0 saturated heterocycles. The van der Waals surface area contributed by atoms with Gasteiger partial charge in [0.1, 0.15) is 6.07 Å². The van der Waals surface area contributed by atoms with E-state index in [-0.39, 0.29) is 24.8 Å². The smallest absolute Gasteiger partial charge is 0.307 e. The molecule has 7 heteroatoms. The van der Waals surface area contributed by atoms with E-state index in [1.165, 1.54) is 7.11 Å². The Kier molecular flexibility index (Phi) is 4.94. The van der Waals surface area contributed by atoms with Crippen molar-refractivity contribution in [2.75, 3.05) is 13.7 Å². The highest BCUT2D eigenvalue weighted by Crippen LogP contribution is 2.21. The highest BCUT2D eigenvalue weighted by molar-refractivity contribution is 5.94. The number of hydrogen-bond donors (Lipinski definition) is 1. The molecule has 0 saturated carbocycles. The second-order valence-electron chi connectivity index (χ2n) is 5.55. The van der Waals surface area contributed by atoms with Gasteiger partial charge in [-0.1, -0.05) is 12.1 Å². The number of benzene rings is 1. The number of pyridine rings is 1. The number of hydrogen-bond acceptors (Lipinski definition) is 5. The molecule has 0 radical (unpaired) electrons. The largest absolute Gasteiger partial charge is 0.469 e. The molecular weight excluding hydrogens is 332 g/mol. The van der Waals surface area contributed by atoms with Crippen LogP contribution in [0.25, 0.3) is 16.9 Å². The Hall–Kier alpha value is -3.66. The SMILES string of the molecule is COC(=O)CCNC(=O)c1ccc(-c2cn3cccc(C#N)c3n2)cc1. The fraction of sp³-hybridized carbons (Fsp3) is 0.158. The third-order valence-electron chi connectivity index (χ3n) is 3.89. The van der Waals surface area contributed by atoms with Crippen molar-refractivity contribution >= 4 is 17.5 Å². The molecule has 0 fully saturated rings. The van der Waals surface area contributed by atoms with Gasteiger partial charge in [0.15, 0.2) is 5.65 Å². The maximum absolute atomic E-state index is 12.1. The Bertz CT molecular complexity index is 1000. The molecule has 3 aromatic rings. The zero-order valence-electron chi connectivity index (χ0n) is 14.1. The summed E-state index contributed by atoms with van der Waals surface area (Å²) in [7, 11) is 1.31. The molecule has 2 heterocycles. The molecule has 3 rings (SSSR count). The number of ether oxygens (including phenoxy) is 1. The Balaban J connectivity index is 1.74. The molecule has 1 aromatic carbocycles. The van der Waals surface area contributed by atoms with Gasteiger partial charge < -0.3 is 14.5 Å². The highest BCUT2D eigenvalue weighted by atomic mass is 16.5. The Labute approximate surface area is 149 Å². The van der Waals surface area contributed by atoms with Crippen LogP contribution in [0.5, 0.6) is 0 Å². The summed E-state index contributed by atoms with van der Waals surface area (Å²) in [5, 5.41) is 11.8. The van der Waals surface area contributed by atoms with E-state index in [0.29, 0.717) is 22.5 Å². The first-order chi connectivity index (χ1) is 12.6. The van der Waals surface area contributed by atoms with Gasteiger partial charge in [-0.3, -0.25) is 9.59 Å². The Morgan fingerprint density at radius 3 is 2.73 bits per heavy atom. The van der Waals surface area contributed by atoms with Crippen LogP contribution in [-0.2, 0) is 9.53 Å². The number of imidazole rings is 1. The van der Waals surface area contributed by atoms with E-state index in [4.69, 9.17) is 5.26 Å². The third kappa shape index (κ3) is 3.54. The topological polar surface area (TPSA) is 96.5 Å². The van der Waals surface area contributed by atoms with Crippen molar-refractivity contribution in [2.45, 2.75) is 6.42 Å². The number of fused-ring (bicyclic) bond motifs is 1. The molecule has 2 aromatic heterocycles. The maximum atomic E-state index is 12.1. The van der Waals surface area contributed by atoms with Crippen LogP contribution in [-0.4, -0.2) is 34.9 Å². The van der Waals surface area contributed by atoms with Gasteiger partial charge in [-0.2, -0.15) is 5.26 Å². The Morgan fingerprint density at radius 1 is 1.27 bits per heavy atom. The van der Waals surface area contributed by atoms with Gasteiger partial charge in [0.2, 0.25) is 0 Å². The van der Waals surface area contributed by atoms with Crippen LogP contribution < -0.4 is 5.32 Å². The summed E-state index contributed by atoms with van der Waals surface area (Å²) in [5.41, 5.74) is 3.13. The average Bonchev–Trinajstić information content (AvgIpc) is 3.12. The monoisotopic (exact) mass is 348 g/mol. The van der Waals surface area contributed by atoms with Crippen LogP contribution in [0.15, 0.2) is 48.8 Å². The zero-order chi connectivity index (χ0) is 18.5. The number of amides is 1. The first kappa shape index (κ1) is 17.2. The average molecular weight is 348 g/mol. The van der Waals surface area contributed by atoms with Gasteiger partial charge in [-0.05, 0) is 24.3 Å². The number of nitriles is 1. The second-order valence-corrected chi connectivity index (χ2v) is 5.55. The first-order valence-corrected chi connectivity index (χ1v) is 7.95. The third-order valence-corrected chi connectivity index (χ3v) is 3.89. The van der Waals surface area contributed by atoms with Gasteiger partial charge >= 0.3 is 5.97 Å². The number of nitrogens with one attached hydrogen (secondary N) is 1. The summed E-state index contributed by atoms with van der Waals surface area (Å²) >= 11 is 0. The predicted molar refractivity (Wildman–Crippen MR) is 94.3 cm³/mol. The second kappa shape index (κ2) is 7.49. The molecule has 1 amide bonds. The van der Waals surface area contributed by atoms with Crippen LogP contribution in [0.1, 0.15) is 22.3 Å². The van der Waals surface area contributed by atoms with Gasteiger partial charge in [0.05, 0.1) is 24.8 Å². The number of methoxy groups -OCH3 is 1. The number of carbonyl (C=O) groups is 2. The number of carbonyl (C=O) groups excluding carboxylic acids is 2. The molecule has 0 aliphatic carbocycles. The molecule has 0 bridgehead atoms. The van der Waals surface area contributed by atoms with Crippen molar-refractivity contribution in [1.82, 2.24) is 14.7 Å². The standard InChI is InChI=1S/C19H16N4O3/c1-26-17(24)8-9-21-19(25)14-6-4-13(5-7-14)16-12-23-10-2-3-15(11-20)18(23)22-16/h2-7,10,12H,8-9H2,1H3,(H,21,25). The van der Waals surface area contributed by atoms with Crippen molar-refractivity contribution in [1.29, 1.82) is 5.26 Å². The molecule has 0 aliphatic heterocycles.